The van der Waals surface area contributed by atoms with Crippen molar-refractivity contribution in [1.29, 1.82) is 0 Å². The third-order valence-electron chi connectivity index (χ3n) is 1.46. The zero-order valence-electron chi connectivity index (χ0n) is 5.53. The fourth-order valence-corrected chi connectivity index (χ4v) is 1.07. The smallest absolute Gasteiger partial charge is 0.150 e. The van der Waals surface area contributed by atoms with Crippen molar-refractivity contribution < 1.29 is 5.11 Å². The van der Waals surface area contributed by atoms with E-state index in [1.54, 1.807) is 22.9 Å². The molecule has 0 spiro atoms. The monoisotopic (exact) mass is 168 g/mol. The predicted octanol–water partition coefficient (Wildman–Crippen LogP) is 1.69. The van der Waals surface area contributed by atoms with Crippen LogP contribution in [0.5, 0.6) is 5.75 Å². The highest BCUT2D eigenvalue weighted by atomic mass is 35.5. The van der Waals surface area contributed by atoms with Crippen LogP contribution in [0.3, 0.4) is 0 Å². The van der Waals surface area contributed by atoms with Crippen molar-refractivity contribution in [1.82, 2.24) is 9.38 Å². The van der Waals surface area contributed by atoms with Crippen LogP contribution in [0.15, 0.2) is 24.7 Å². The summed E-state index contributed by atoms with van der Waals surface area (Å²) in [7, 11) is 0. The van der Waals surface area contributed by atoms with Crippen molar-refractivity contribution in [2.45, 2.75) is 0 Å². The van der Waals surface area contributed by atoms with Crippen LogP contribution in [0, 0.1) is 0 Å². The van der Waals surface area contributed by atoms with E-state index in [9.17, 15) is 0 Å². The average Bonchev–Trinajstić information content (AvgIpc) is 2.36. The Morgan fingerprint density at radius 3 is 3.18 bits per heavy atom. The van der Waals surface area contributed by atoms with Gasteiger partial charge in [0.2, 0.25) is 0 Å². The fourth-order valence-electron chi connectivity index (χ4n) is 0.926. The first-order valence-electron chi connectivity index (χ1n) is 3.08. The summed E-state index contributed by atoms with van der Waals surface area (Å²) in [5.74, 6) is 0.0668. The molecule has 3 nitrogen and oxygen atoms in total. The first kappa shape index (κ1) is 6.49. The lowest BCUT2D eigenvalue weighted by atomic mass is 10.4. The van der Waals surface area contributed by atoms with E-state index in [1.165, 1.54) is 6.20 Å². The van der Waals surface area contributed by atoms with Gasteiger partial charge in [0.25, 0.3) is 0 Å². The summed E-state index contributed by atoms with van der Waals surface area (Å²) in [6, 6.07) is 1.61. The van der Waals surface area contributed by atoms with Gasteiger partial charge in [0, 0.05) is 18.5 Å². The van der Waals surface area contributed by atoms with Gasteiger partial charge in [0.15, 0.2) is 5.75 Å². The Bertz CT molecular complexity index is 360. The van der Waals surface area contributed by atoms with Crippen LogP contribution in [0.4, 0.5) is 0 Å². The van der Waals surface area contributed by atoms with Gasteiger partial charge in [-0.05, 0) is 0 Å². The molecule has 2 rings (SSSR count). The van der Waals surface area contributed by atoms with E-state index in [4.69, 9.17) is 16.7 Å². The molecule has 0 aliphatic carbocycles. The lowest BCUT2D eigenvalue weighted by molar-refractivity contribution is 0.472. The molecule has 4 heteroatoms. The molecule has 0 saturated carbocycles. The molecular weight excluding hydrogens is 164 g/mol. The number of aromatic hydroxyl groups is 1. The molecular formula is C7H5ClN2O. The van der Waals surface area contributed by atoms with E-state index in [1.807, 2.05) is 0 Å². The Morgan fingerprint density at radius 1 is 1.55 bits per heavy atom. The summed E-state index contributed by atoms with van der Waals surface area (Å²) < 4.78 is 1.70. The highest BCUT2D eigenvalue weighted by Crippen LogP contribution is 2.23. The van der Waals surface area contributed by atoms with Crippen LogP contribution in [0.25, 0.3) is 5.65 Å². The number of pyridine rings is 1. The van der Waals surface area contributed by atoms with Gasteiger partial charge in [-0.1, -0.05) is 11.6 Å². The maximum Gasteiger partial charge on any atom is 0.150 e. The minimum atomic E-state index is 0.0668. The molecule has 0 saturated heterocycles. The van der Waals surface area contributed by atoms with Gasteiger partial charge < -0.3 is 9.51 Å². The standard InChI is InChI=1S/C7H5ClN2O/c8-5-3-7-9-1-2-10(7)4-6(5)11/h1-4,11H. The van der Waals surface area contributed by atoms with Crippen LogP contribution >= 0.6 is 11.6 Å². The second-order valence-electron chi connectivity index (χ2n) is 2.20. The normalized spacial score (nSPS) is 10.6. The minimum Gasteiger partial charge on any atom is -0.505 e. The van der Waals surface area contributed by atoms with Crippen LogP contribution in [0.1, 0.15) is 0 Å². The number of halogens is 1. The van der Waals surface area contributed by atoms with Crippen molar-refractivity contribution in [3.05, 3.63) is 29.7 Å². The lowest BCUT2D eigenvalue weighted by Crippen LogP contribution is -1.81. The average molecular weight is 169 g/mol. The van der Waals surface area contributed by atoms with Crippen LogP contribution in [-0.2, 0) is 0 Å². The Kier molecular flexibility index (Phi) is 1.26. The van der Waals surface area contributed by atoms with E-state index < -0.39 is 0 Å². The highest BCUT2D eigenvalue weighted by molar-refractivity contribution is 6.32. The Hall–Kier alpha value is -1.22. The largest absolute Gasteiger partial charge is 0.505 e. The van der Waals surface area contributed by atoms with Gasteiger partial charge >= 0.3 is 0 Å². The van der Waals surface area contributed by atoms with E-state index >= 15 is 0 Å². The number of nitrogens with zero attached hydrogens (tertiary/aromatic N) is 2. The molecule has 0 bridgehead atoms. The molecule has 56 valence electrons. The topological polar surface area (TPSA) is 37.5 Å². The maximum absolute atomic E-state index is 9.16. The first-order chi connectivity index (χ1) is 5.27. The molecule has 2 aromatic heterocycles. The number of aromatic nitrogens is 2. The molecule has 1 N–H and O–H groups in total. The molecule has 11 heavy (non-hydrogen) atoms. The number of rotatable bonds is 0. The number of hydrogen-bond acceptors (Lipinski definition) is 2. The van der Waals surface area contributed by atoms with Crippen molar-refractivity contribution in [2.75, 3.05) is 0 Å². The van der Waals surface area contributed by atoms with Gasteiger partial charge in [0.1, 0.15) is 5.65 Å². The number of fused-ring (bicyclic) bond motifs is 1. The molecule has 2 heterocycles. The number of hydrogen-bond donors (Lipinski definition) is 1. The molecule has 0 aliphatic heterocycles. The van der Waals surface area contributed by atoms with Gasteiger partial charge in [-0.3, -0.25) is 0 Å². The Labute approximate surface area is 67.9 Å². The quantitative estimate of drug-likeness (QED) is 0.650. The zero-order chi connectivity index (χ0) is 7.84. The van der Waals surface area contributed by atoms with E-state index in [0.717, 1.165) is 5.65 Å². The van der Waals surface area contributed by atoms with Crippen molar-refractivity contribution in [3.8, 4) is 5.75 Å². The zero-order valence-corrected chi connectivity index (χ0v) is 6.28. The van der Waals surface area contributed by atoms with Crippen molar-refractivity contribution in [3.63, 3.8) is 0 Å². The molecule has 0 aliphatic rings. The molecule has 2 aromatic rings. The lowest BCUT2D eigenvalue weighted by Gasteiger charge is -1.96. The van der Waals surface area contributed by atoms with Gasteiger partial charge in [0.05, 0.1) is 11.2 Å². The third kappa shape index (κ3) is 0.935. The molecule has 0 amide bonds. The van der Waals surface area contributed by atoms with Crippen molar-refractivity contribution in [2.24, 2.45) is 0 Å². The SMILES string of the molecule is Oc1cn2ccnc2cc1Cl. The van der Waals surface area contributed by atoms with E-state index in [0.29, 0.717) is 5.02 Å². The first-order valence-corrected chi connectivity index (χ1v) is 3.46. The molecule has 0 fully saturated rings. The van der Waals surface area contributed by atoms with Gasteiger partial charge in [-0.15, -0.1) is 0 Å². The van der Waals surface area contributed by atoms with Crippen molar-refractivity contribution >= 4 is 17.2 Å². The second-order valence-corrected chi connectivity index (χ2v) is 2.61. The Balaban J connectivity index is 2.86. The maximum atomic E-state index is 9.16. The minimum absolute atomic E-state index is 0.0668. The molecule has 0 aromatic carbocycles. The van der Waals surface area contributed by atoms with Crippen LogP contribution in [-0.4, -0.2) is 14.5 Å². The Morgan fingerprint density at radius 2 is 2.36 bits per heavy atom. The van der Waals surface area contributed by atoms with Gasteiger partial charge in [-0.25, -0.2) is 4.98 Å². The summed E-state index contributed by atoms with van der Waals surface area (Å²) in [5, 5.41) is 9.48. The summed E-state index contributed by atoms with van der Waals surface area (Å²) in [6.45, 7) is 0. The summed E-state index contributed by atoms with van der Waals surface area (Å²) in [4.78, 5) is 3.99. The second kappa shape index (κ2) is 2.13. The summed E-state index contributed by atoms with van der Waals surface area (Å²) in [5.41, 5.74) is 0.729. The van der Waals surface area contributed by atoms with Crippen LogP contribution < -0.4 is 0 Å². The number of imidazole rings is 1. The molecule has 0 radical (unpaired) electrons. The van der Waals surface area contributed by atoms with Crippen LogP contribution in [0.2, 0.25) is 5.02 Å². The summed E-state index contributed by atoms with van der Waals surface area (Å²) in [6.07, 6.45) is 4.90. The summed E-state index contributed by atoms with van der Waals surface area (Å²) >= 11 is 5.64. The van der Waals surface area contributed by atoms with E-state index in [-0.39, 0.29) is 5.75 Å². The van der Waals surface area contributed by atoms with Gasteiger partial charge in [-0.2, -0.15) is 0 Å². The molecule has 0 unspecified atom stereocenters. The molecule has 0 atom stereocenters. The third-order valence-corrected chi connectivity index (χ3v) is 1.76. The van der Waals surface area contributed by atoms with E-state index in [2.05, 4.69) is 4.98 Å². The predicted molar refractivity (Wildman–Crippen MR) is 41.9 cm³/mol. The highest BCUT2D eigenvalue weighted by Gasteiger charge is 2.00. The fraction of sp³-hybridized carbons (Fsp3) is 0.